The number of rotatable bonds is 5. The highest BCUT2D eigenvalue weighted by Crippen LogP contribution is 2.33. The maximum absolute atomic E-state index is 6.03. The second-order valence-corrected chi connectivity index (χ2v) is 5.87. The Bertz CT molecular complexity index is 481. The average molecular weight is 275 g/mol. The summed E-state index contributed by atoms with van der Waals surface area (Å²) in [6.45, 7) is 8.71. The SMILES string of the molecule is COCCN1C(N)=NCC1(C)c1ccc(C(C)C)cc1. The van der Waals surface area contributed by atoms with Crippen molar-refractivity contribution in [3.63, 3.8) is 0 Å². The van der Waals surface area contributed by atoms with Gasteiger partial charge in [-0.15, -0.1) is 0 Å². The van der Waals surface area contributed by atoms with Gasteiger partial charge in [-0.1, -0.05) is 38.1 Å². The summed E-state index contributed by atoms with van der Waals surface area (Å²) < 4.78 is 5.18. The van der Waals surface area contributed by atoms with E-state index >= 15 is 0 Å². The molecule has 1 aromatic rings. The lowest BCUT2D eigenvalue weighted by atomic mass is 9.89. The Kier molecular flexibility index (Phi) is 4.33. The average Bonchev–Trinajstić information content (AvgIpc) is 2.73. The number of methoxy groups -OCH3 is 1. The van der Waals surface area contributed by atoms with E-state index in [1.807, 2.05) is 0 Å². The molecule has 0 aliphatic carbocycles. The Hall–Kier alpha value is -1.55. The molecule has 4 heteroatoms. The Morgan fingerprint density at radius 1 is 1.35 bits per heavy atom. The largest absolute Gasteiger partial charge is 0.383 e. The minimum Gasteiger partial charge on any atom is -0.383 e. The van der Waals surface area contributed by atoms with Crippen LogP contribution in [0, 0.1) is 0 Å². The molecule has 0 aromatic heterocycles. The number of benzene rings is 1. The van der Waals surface area contributed by atoms with Gasteiger partial charge in [0.05, 0.1) is 18.7 Å². The zero-order chi connectivity index (χ0) is 14.8. The standard InChI is InChI=1S/C16H25N3O/c1-12(2)13-5-7-14(8-6-13)16(3)11-18-15(17)19(16)9-10-20-4/h5-8,12H,9-11H2,1-4H3,(H2,17,18). The summed E-state index contributed by atoms with van der Waals surface area (Å²) in [5.74, 6) is 1.16. The summed E-state index contributed by atoms with van der Waals surface area (Å²) in [4.78, 5) is 6.56. The summed E-state index contributed by atoms with van der Waals surface area (Å²) in [5.41, 5.74) is 8.47. The van der Waals surface area contributed by atoms with Crippen molar-refractivity contribution in [3.05, 3.63) is 35.4 Å². The van der Waals surface area contributed by atoms with Crippen LogP contribution >= 0.6 is 0 Å². The third kappa shape index (κ3) is 2.66. The van der Waals surface area contributed by atoms with Gasteiger partial charge in [-0.3, -0.25) is 4.99 Å². The van der Waals surface area contributed by atoms with Crippen LogP contribution in [0.4, 0.5) is 0 Å². The molecule has 0 fully saturated rings. The molecular formula is C16H25N3O. The highest BCUT2D eigenvalue weighted by molar-refractivity contribution is 5.81. The van der Waals surface area contributed by atoms with Crippen LogP contribution in [-0.2, 0) is 10.3 Å². The summed E-state index contributed by atoms with van der Waals surface area (Å²) >= 11 is 0. The molecule has 4 nitrogen and oxygen atoms in total. The normalized spacial score (nSPS) is 22.4. The number of nitrogens with zero attached hydrogens (tertiary/aromatic N) is 2. The monoisotopic (exact) mass is 275 g/mol. The van der Waals surface area contributed by atoms with E-state index in [1.165, 1.54) is 11.1 Å². The number of guanidine groups is 1. The van der Waals surface area contributed by atoms with Crippen LogP contribution in [0.5, 0.6) is 0 Å². The van der Waals surface area contributed by atoms with E-state index in [2.05, 4.69) is 54.9 Å². The first-order valence-corrected chi connectivity index (χ1v) is 7.16. The van der Waals surface area contributed by atoms with Crippen molar-refractivity contribution in [1.82, 2.24) is 4.90 Å². The van der Waals surface area contributed by atoms with Gasteiger partial charge in [-0.2, -0.15) is 0 Å². The lowest BCUT2D eigenvalue weighted by Gasteiger charge is -2.36. The fourth-order valence-electron chi connectivity index (χ4n) is 2.68. The fraction of sp³-hybridized carbons (Fsp3) is 0.562. The van der Waals surface area contributed by atoms with Crippen LogP contribution in [0.15, 0.2) is 29.3 Å². The van der Waals surface area contributed by atoms with Crippen LogP contribution in [0.2, 0.25) is 0 Å². The highest BCUT2D eigenvalue weighted by atomic mass is 16.5. The van der Waals surface area contributed by atoms with Crippen molar-refractivity contribution in [2.45, 2.75) is 32.2 Å². The molecule has 0 spiro atoms. The van der Waals surface area contributed by atoms with Gasteiger partial charge in [0.2, 0.25) is 0 Å². The lowest BCUT2D eigenvalue weighted by molar-refractivity contribution is 0.137. The Morgan fingerprint density at radius 3 is 2.55 bits per heavy atom. The molecule has 0 radical (unpaired) electrons. The van der Waals surface area contributed by atoms with E-state index in [4.69, 9.17) is 10.5 Å². The molecule has 2 rings (SSSR count). The first kappa shape index (κ1) is 14.9. The van der Waals surface area contributed by atoms with Crippen molar-refractivity contribution in [3.8, 4) is 0 Å². The molecule has 1 aliphatic rings. The second kappa shape index (κ2) is 5.83. The van der Waals surface area contributed by atoms with Gasteiger partial charge < -0.3 is 15.4 Å². The molecule has 1 aliphatic heterocycles. The minimum absolute atomic E-state index is 0.169. The molecule has 1 heterocycles. The summed E-state index contributed by atoms with van der Waals surface area (Å²) in [6.07, 6.45) is 0. The second-order valence-electron chi connectivity index (χ2n) is 5.87. The number of ether oxygens (including phenoxy) is 1. The molecular weight excluding hydrogens is 250 g/mol. The topological polar surface area (TPSA) is 50.9 Å². The maximum Gasteiger partial charge on any atom is 0.192 e. The van der Waals surface area contributed by atoms with Gasteiger partial charge in [0, 0.05) is 13.7 Å². The van der Waals surface area contributed by atoms with E-state index in [-0.39, 0.29) is 5.54 Å². The molecule has 0 amide bonds. The quantitative estimate of drug-likeness (QED) is 0.897. The molecule has 0 bridgehead atoms. The van der Waals surface area contributed by atoms with E-state index in [1.54, 1.807) is 7.11 Å². The van der Waals surface area contributed by atoms with Crippen molar-refractivity contribution in [1.29, 1.82) is 0 Å². The van der Waals surface area contributed by atoms with Crippen LogP contribution in [0.3, 0.4) is 0 Å². The lowest BCUT2D eigenvalue weighted by Crippen LogP contribution is -2.48. The van der Waals surface area contributed by atoms with Gasteiger partial charge in [0.25, 0.3) is 0 Å². The molecule has 1 unspecified atom stereocenters. The highest BCUT2D eigenvalue weighted by Gasteiger charge is 2.39. The summed E-state index contributed by atoms with van der Waals surface area (Å²) in [6, 6.07) is 8.80. The van der Waals surface area contributed by atoms with Crippen LogP contribution in [-0.4, -0.2) is 37.7 Å². The van der Waals surface area contributed by atoms with Crippen molar-refractivity contribution in [2.75, 3.05) is 26.8 Å². The molecule has 0 saturated heterocycles. The van der Waals surface area contributed by atoms with Crippen molar-refractivity contribution < 1.29 is 4.74 Å². The molecule has 0 saturated carbocycles. The van der Waals surface area contributed by atoms with Crippen molar-refractivity contribution >= 4 is 5.96 Å². The summed E-state index contributed by atoms with van der Waals surface area (Å²) in [5, 5.41) is 0. The predicted molar refractivity (Wildman–Crippen MR) is 83.0 cm³/mol. The van der Waals surface area contributed by atoms with Crippen molar-refractivity contribution in [2.24, 2.45) is 10.7 Å². The van der Waals surface area contributed by atoms with E-state index in [0.717, 1.165) is 6.54 Å². The van der Waals surface area contributed by atoms with Crippen LogP contribution < -0.4 is 5.73 Å². The van der Waals surface area contributed by atoms with Crippen LogP contribution in [0.1, 0.15) is 37.8 Å². The van der Waals surface area contributed by atoms with Gasteiger partial charge in [-0.25, -0.2) is 0 Å². The Labute approximate surface area is 121 Å². The zero-order valence-electron chi connectivity index (χ0n) is 12.9. The number of aliphatic imine (C=N–C) groups is 1. The molecule has 20 heavy (non-hydrogen) atoms. The molecule has 1 atom stereocenters. The molecule has 1 aromatic carbocycles. The van der Waals surface area contributed by atoms with Gasteiger partial charge >= 0.3 is 0 Å². The van der Waals surface area contributed by atoms with Gasteiger partial charge in [0.1, 0.15) is 0 Å². The van der Waals surface area contributed by atoms with E-state index < -0.39 is 0 Å². The zero-order valence-corrected chi connectivity index (χ0v) is 12.9. The van der Waals surface area contributed by atoms with E-state index in [0.29, 0.717) is 25.0 Å². The first-order chi connectivity index (χ1) is 9.49. The fourth-order valence-corrected chi connectivity index (χ4v) is 2.68. The minimum atomic E-state index is -0.169. The number of hydrogen-bond acceptors (Lipinski definition) is 4. The smallest absolute Gasteiger partial charge is 0.192 e. The molecule has 110 valence electrons. The number of nitrogens with two attached hydrogens (primary N) is 1. The molecule has 2 N–H and O–H groups in total. The third-order valence-electron chi connectivity index (χ3n) is 4.14. The Balaban J connectivity index is 2.24. The Morgan fingerprint density at radius 2 is 2.00 bits per heavy atom. The van der Waals surface area contributed by atoms with Gasteiger partial charge in [0.15, 0.2) is 5.96 Å². The third-order valence-corrected chi connectivity index (χ3v) is 4.14. The van der Waals surface area contributed by atoms with Gasteiger partial charge in [-0.05, 0) is 24.0 Å². The van der Waals surface area contributed by atoms with Crippen LogP contribution in [0.25, 0.3) is 0 Å². The van der Waals surface area contributed by atoms with E-state index in [9.17, 15) is 0 Å². The number of hydrogen-bond donors (Lipinski definition) is 1. The maximum atomic E-state index is 6.03. The summed E-state index contributed by atoms with van der Waals surface area (Å²) in [7, 11) is 1.71. The first-order valence-electron chi connectivity index (χ1n) is 7.16. The predicted octanol–water partition coefficient (Wildman–Crippen LogP) is 2.30.